The van der Waals surface area contributed by atoms with Crippen molar-refractivity contribution in [1.82, 2.24) is 0 Å². The third-order valence-electron chi connectivity index (χ3n) is 2.12. The molecule has 0 saturated carbocycles. The molecule has 1 amide bonds. The topological polar surface area (TPSA) is 52.3 Å². The molecule has 2 N–H and O–H groups in total. The van der Waals surface area contributed by atoms with Crippen molar-refractivity contribution in [3.8, 4) is 5.75 Å². The molecule has 0 heterocycles. The van der Waals surface area contributed by atoms with Gasteiger partial charge in [0.2, 0.25) is 5.91 Å². The lowest BCUT2D eigenvalue weighted by Gasteiger charge is -2.10. The molecule has 0 spiro atoms. The molecule has 1 unspecified atom stereocenters. The van der Waals surface area contributed by atoms with E-state index < -0.39 is 0 Å². The van der Waals surface area contributed by atoms with Crippen LogP contribution in [0, 0.1) is 12.8 Å². The van der Waals surface area contributed by atoms with E-state index in [0.717, 1.165) is 5.56 Å². The first-order chi connectivity index (χ1) is 7.00. The molecule has 1 atom stereocenters. The Bertz CT molecular complexity index is 366. The first kappa shape index (κ1) is 11.9. The first-order valence-electron chi connectivity index (χ1n) is 4.69. The van der Waals surface area contributed by atoms with E-state index in [1.807, 2.05) is 13.0 Å². The molecule has 0 bridgehead atoms. The summed E-state index contributed by atoms with van der Waals surface area (Å²) in [6, 6.07) is 5.36. The number of carbonyl (C=O) groups excluding carboxylic acids is 1. The van der Waals surface area contributed by atoms with E-state index >= 15 is 0 Å². The number of hydrogen-bond acceptors (Lipinski definition) is 2. The SMILES string of the molecule is Cc1cc(OCC(C)C(N)=O)ccc1Cl. The third-order valence-corrected chi connectivity index (χ3v) is 2.54. The Morgan fingerprint density at radius 2 is 2.27 bits per heavy atom. The zero-order valence-electron chi connectivity index (χ0n) is 8.79. The number of carbonyl (C=O) groups is 1. The van der Waals surface area contributed by atoms with Crippen molar-refractivity contribution in [3.63, 3.8) is 0 Å². The minimum absolute atomic E-state index is 0.288. The van der Waals surface area contributed by atoms with Crippen LogP contribution in [-0.2, 0) is 4.79 Å². The fourth-order valence-electron chi connectivity index (χ4n) is 1.01. The zero-order valence-corrected chi connectivity index (χ0v) is 9.54. The smallest absolute Gasteiger partial charge is 0.223 e. The van der Waals surface area contributed by atoms with Crippen molar-refractivity contribution in [2.45, 2.75) is 13.8 Å². The van der Waals surface area contributed by atoms with Gasteiger partial charge in [-0.2, -0.15) is 0 Å². The largest absolute Gasteiger partial charge is 0.493 e. The van der Waals surface area contributed by atoms with Crippen LogP contribution in [0.3, 0.4) is 0 Å². The van der Waals surface area contributed by atoms with Gasteiger partial charge in [0.25, 0.3) is 0 Å². The molecule has 0 aliphatic rings. The highest BCUT2D eigenvalue weighted by Gasteiger charge is 2.09. The van der Waals surface area contributed by atoms with Gasteiger partial charge < -0.3 is 10.5 Å². The molecular weight excluding hydrogens is 214 g/mol. The number of nitrogens with two attached hydrogens (primary N) is 1. The Morgan fingerprint density at radius 3 is 2.80 bits per heavy atom. The number of ether oxygens (including phenoxy) is 1. The second-order valence-electron chi connectivity index (χ2n) is 3.53. The third kappa shape index (κ3) is 3.44. The maximum absolute atomic E-state index is 10.8. The van der Waals surface area contributed by atoms with Crippen molar-refractivity contribution in [1.29, 1.82) is 0 Å². The van der Waals surface area contributed by atoms with Crippen molar-refractivity contribution < 1.29 is 9.53 Å². The van der Waals surface area contributed by atoms with Crippen LogP contribution in [0.15, 0.2) is 18.2 Å². The summed E-state index contributed by atoms with van der Waals surface area (Å²) >= 11 is 5.86. The highest BCUT2D eigenvalue weighted by atomic mass is 35.5. The summed E-state index contributed by atoms with van der Waals surface area (Å²) in [6.45, 7) is 3.91. The number of rotatable bonds is 4. The Kier molecular flexibility index (Phi) is 3.97. The van der Waals surface area contributed by atoms with Crippen molar-refractivity contribution in [3.05, 3.63) is 28.8 Å². The lowest BCUT2D eigenvalue weighted by molar-refractivity contribution is -0.122. The second kappa shape index (κ2) is 5.03. The van der Waals surface area contributed by atoms with Crippen LogP contribution < -0.4 is 10.5 Å². The molecule has 0 fully saturated rings. The molecule has 3 nitrogen and oxygen atoms in total. The fourth-order valence-corrected chi connectivity index (χ4v) is 1.13. The summed E-state index contributed by atoms with van der Waals surface area (Å²) in [7, 11) is 0. The summed E-state index contributed by atoms with van der Waals surface area (Å²) in [5.74, 6) is 0.0478. The Balaban J connectivity index is 2.58. The molecule has 82 valence electrons. The molecular formula is C11H14ClNO2. The number of halogens is 1. The maximum Gasteiger partial charge on any atom is 0.223 e. The molecule has 0 aliphatic carbocycles. The van der Waals surface area contributed by atoms with E-state index in [4.69, 9.17) is 22.1 Å². The number of amides is 1. The van der Waals surface area contributed by atoms with Crippen molar-refractivity contribution >= 4 is 17.5 Å². The van der Waals surface area contributed by atoms with Gasteiger partial charge >= 0.3 is 0 Å². The average Bonchev–Trinajstić information content (AvgIpc) is 2.19. The highest BCUT2D eigenvalue weighted by molar-refractivity contribution is 6.31. The predicted octanol–water partition coefficient (Wildman–Crippen LogP) is 2.15. The van der Waals surface area contributed by atoms with Crippen LogP contribution >= 0.6 is 11.6 Å². The lowest BCUT2D eigenvalue weighted by atomic mass is 10.2. The molecule has 0 aromatic heterocycles. The van der Waals surface area contributed by atoms with Crippen LogP contribution in [0.4, 0.5) is 0 Å². The van der Waals surface area contributed by atoms with E-state index in [-0.39, 0.29) is 18.4 Å². The fraction of sp³-hybridized carbons (Fsp3) is 0.364. The normalized spacial score (nSPS) is 12.2. The van der Waals surface area contributed by atoms with Crippen LogP contribution in [0.5, 0.6) is 5.75 Å². The molecule has 4 heteroatoms. The maximum atomic E-state index is 10.8. The minimum atomic E-state index is -0.360. The molecule has 1 aromatic rings. The van der Waals surface area contributed by atoms with Gasteiger partial charge in [-0.25, -0.2) is 0 Å². The Labute approximate surface area is 94.2 Å². The van der Waals surface area contributed by atoms with E-state index in [2.05, 4.69) is 0 Å². The first-order valence-corrected chi connectivity index (χ1v) is 5.06. The quantitative estimate of drug-likeness (QED) is 0.857. The molecule has 0 radical (unpaired) electrons. The van der Waals surface area contributed by atoms with Gasteiger partial charge in [-0.15, -0.1) is 0 Å². The van der Waals surface area contributed by atoms with Crippen LogP contribution in [-0.4, -0.2) is 12.5 Å². The average molecular weight is 228 g/mol. The Morgan fingerprint density at radius 1 is 1.60 bits per heavy atom. The standard InChI is InChI=1S/C11H14ClNO2/c1-7-5-9(3-4-10(7)12)15-6-8(2)11(13)14/h3-5,8H,6H2,1-2H3,(H2,13,14). The minimum Gasteiger partial charge on any atom is -0.493 e. The van der Waals surface area contributed by atoms with Gasteiger partial charge in [0, 0.05) is 5.02 Å². The lowest BCUT2D eigenvalue weighted by Crippen LogP contribution is -2.25. The predicted molar refractivity (Wildman–Crippen MR) is 60.0 cm³/mol. The van der Waals surface area contributed by atoms with Gasteiger partial charge in [0.1, 0.15) is 5.75 Å². The summed E-state index contributed by atoms with van der Waals surface area (Å²) in [5.41, 5.74) is 6.06. The zero-order chi connectivity index (χ0) is 11.4. The molecule has 1 aromatic carbocycles. The number of primary amides is 1. The number of hydrogen-bond donors (Lipinski definition) is 1. The van der Waals surface area contributed by atoms with E-state index in [9.17, 15) is 4.79 Å². The van der Waals surface area contributed by atoms with Crippen LogP contribution in [0.1, 0.15) is 12.5 Å². The second-order valence-corrected chi connectivity index (χ2v) is 3.93. The van der Waals surface area contributed by atoms with Crippen molar-refractivity contribution in [2.24, 2.45) is 11.7 Å². The summed E-state index contributed by atoms with van der Waals surface area (Å²) < 4.78 is 5.41. The van der Waals surface area contributed by atoms with Gasteiger partial charge in [0.15, 0.2) is 0 Å². The summed E-state index contributed by atoms with van der Waals surface area (Å²) in [5, 5.41) is 0.699. The summed E-state index contributed by atoms with van der Waals surface area (Å²) in [6.07, 6.45) is 0. The molecule has 0 saturated heterocycles. The van der Waals surface area contributed by atoms with Crippen molar-refractivity contribution in [2.75, 3.05) is 6.61 Å². The molecule has 1 rings (SSSR count). The monoisotopic (exact) mass is 227 g/mol. The van der Waals surface area contributed by atoms with Gasteiger partial charge in [-0.3, -0.25) is 4.79 Å². The van der Waals surface area contributed by atoms with E-state index in [0.29, 0.717) is 10.8 Å². The van der Waals surface area contributed by atoms with Gasteiger partial charge in [-0.1, -0.05) is 18.5 Å². The molecule has 15 heavy (non-hydrogen) atoms. The summed E-state index contributed by atoms with van der Waals surface area (Å²) in [4.78, 5) is 10.8. The van der Waals surface area contributed by atoms with E-state index in [1.165, 1.54) is 0 Å². The van der Waals surface area contributed by atoms with Crippen LogP contribution in [0.2, 0.25) is 5.02 Å². The highest BCUT2D eigenvalue weighted by Crippen LogP contribution is 2.21. The number of benzene rings is 1. The van der Waals surface area contributed by atoms with E-state index in [1.54, 1.807) is 19.1 Å². The van der Waals surface area contributed by atoms with Crippen LogP contribution in [0.25, 0.3) is 0 Å². The van der Waals surface area contributed by atoms with Gasteiger partial charge in [-0.05, 0) is 30.7 Å². The number of aryl methyl sites for hydroxylation is 1. The molecule has 0 aliphatic heterocycles. The van der Waals surface area contributed by atoms with Gasteiger partial charge in [0.05, 0.1) is 12.5 Å². The Hall–Kier alpha value is -1.22.